The molecule has 6 nitrogen and oxygen atoms in total. The molecule has 9 heteroatoms. The number of ether oxygens (including phenoxy) is 1. The van der Waals surface area contributed by atoms with Crippen molar-refractivity contribution in [2.75, 3.05) is 20.7 Å². The predicted molar refractivity (Wildman–Crippen MR) is 74.4 cm³/mol. The van der Waals surface area contributed by atoms with Crippen molar-refractivity contribution in [3.8, 4) is 0 Å². The average Bonchev–Trinajstić information content (AvgIpc) is 2.79. The third-order valence-corrected chi connectivity index (χ3v) is 5.07. The standard InChI is InChI=1S/C10H15ClN2O4S2/c1-13(6-5-10(14)17-2)19(15,16)12-7-8-3-4-9(11)18-8/h3-4,12H,5-7H2,1-2H3. The highest BCUT2D eigenvalue weighted by Gasteiger charge is 2.18. The van der Waals surface area contributed by atoms with Crippen molar-refractivity contribution < 1.29 is 17.9 Å². The normalized spacial score (nSPS) is 11.8. The van der Waals surface area contributed by atoms with E-state index in [4.69, 9.17) is 11.6 Å². The first kappa shape index (κ1) is 16.4. The van der Waals surface area contributed by atoms with Crippen molar-refractivity contribution in [1.29, 1.82) is 0 Å². The lowest BCUT2D eigenvalue weighted by atomic mass is 10.4. The van der Waals surface area contributed by atoms with E-state index in [9.17, 15) is 13.2 Å². The first-order chi connectivity index (χ1) is 8.85. The van der Waals surface area contributed by atoms with Crippen molar-refractivity contribution in [1.82, 2.24) is 9.03 Å². The molecule has 0 aliphatic carbocycles. The first-order valence-electron chi connectivity index (χ1n) is 5.37. The molecule has 0 radical (unpaired) electrons. The quantitative estimate of drug-likeness (QED) is 0.765. The van der Waals surface area contributed by atoms with Crippen LogP contribution in [0.5, 0.6) is 0 Å². The van der Waals surface area contributed by atoms with Gasteiger partial charge in [0.1, 0.15) is 0 Å². The van der Waals surface area contributed by atoms with Crippen LogP contribution in [0.15, 0.2) is 12.1 Å². The molecule has 108 valence electrons. The van der Waals surface area contributed by atoms with Gasteiger partial charge in [-0.25, -0.2) is 0 Å². The summed E-state index contributed by atoms with van der Waals surface area (Å²) in [6.45, 7) is 0.232. The van der Waals surface area contributed by atoms with E-state index in [1.807, 2.05) is 0 Å². The number of esters is 1. The van der Waals surface area contributed by atoms with Crippen LogP contribution in [0, 0.1) is 0 Å². The maximum atomic E-state index is 11.8. The van der Waals surface area contributed by atoms with Crippen LogP contribution in [0.2, 0.25) is 4.34 Å². The summed E-state index contributed by atoms with van der Waals surface area (Å²) in [5.74, 6) is -0.452. The van der Waals surface area contributed by atoms with Gasteiger partial charge in [0.2, 0.25) is 0 Å². The van der Waals surface area contributed by atoms with E-state index in [0.717, 1.165) is 9.18 Å². The van der Waals surface area contributed by atoms with Crippen molar-refractivity contribution in [2.45, 2.75) is 13.0 Å². The third-order valence-electron chi connectivity index (χ3n) is 2.33. The number of carbonyl (C=O) groups is 1. The molecular formula is C10H15ClN2O4S2. The lowest BCUT2D eigenvalue weighted by molar-refractivity contribution is -0.140. The molecule has 0 aliphatic rings. The van der Waals surface area contributed by atoms with Gasteiger partial charge in [0.15, 0.2) is 0 Å². The molecular weight excluding hydrogens is 312 g/mol. The van der Waals surface area contributed by atoms with Gasteiger partial charge in [0.05, 0.1) is 17.9 Å². The van der Waals surface area contributed by atoms with E-state index in [2.05, 4.69) is 9.46 Å². The SMILES string of the molecule is COC(=O)CCN(C)S(=O)(=O)NCc1ccc(Cl)s1. The molecule has 1 aromatic heterocycles. The Balaban J connectivity index is 2.48. The van der Waals surface area contributed by atoms with Crippen LogP contribution in [0.1, 0.15) is 11.3 Å². The number of methoxy groups -OCH3 is 1. The number of hydrogen-bond donors (Lipinski definition) is 1. The van der Waals surface area contributed by atoms with Gasteiger partial charge in [-0.3, -0.25) is 4.79 Å². The summed E-state index contributed by atoms with van der Waals surface area (Å²) in [6.07, 6.45) is 0.0126. The molecule has 1 rings (SSSR count). The van der Waals surface area contributed by atoms with Crippen molar-refractivity contribution >= 4 is 39.1 Å². The Hall–Kier alpha value is -0.670. The van der Waals surface area contributed by atoms with Gasteiger partial charge in [0.25, 0.3) is 10.2 Å². The van der Waals surface area contributed by atoms with E-state index in [-0.39, 0.29) is 19.5 Å². The van der Waals surface area contributed by atoms with Gasteiger partial charge >= 0.3 is 5.97 Å². The molecule has 0 saturated carbocycles. The molecule has 0 unspecified atom stereocenters. The average molecular weight is 327 g/mol. The molecule has 0 amide bonds. The van der Waals surface area contributed by atoms with Crippen LogP contribution < -0.4 is 4.72 Å². The summed E-state index contributed by atoms with van der Waals surface area (Å²) in [6, 6.07) is 3.46. The minimum Gasteiger partial charge on any atom is -0.469 e. The van der Waals surface area contributed by atoms with Gasteiger partial charge in [-0.1, -0.05) is 11.6 Å². The molecule has 1 aromatic rings. The maximum Gasteiger partial charge on any atom is 0.306 e. The van der Waals surface area contributed by atoms with Crippen LogP contribution in [-0.4, -0.2) is 39.4 Å². The largest absolute Gasteiger partial charge is 0.469 e. The van der Waals surface area contributed by atoms with Gasteiger partial charge in [-0.15, -0.1) is 11.3 Å². The summed E-state index contributed by atoms with van der Waals surface area (Å²) in [4.78, 5) is 11.8. The van der Waals surface area contributed by atoms with Crippen LogP contribution >= 0.6 is 22.9 Å². The van der Waals surface area contributed by atoms with Gasteiger partial charge in [-0.05, 0) is 12.1 Å². The molecule has 1 heterocycles. The second-order valence-electron chi connectivity index (χ2n) is 3.68. The number of nitrogens with zero attached hydrogens (tertiary/aromatic N) is 1. The number of halogens is 1. The summed E-state index contributed by atoms with van der Waals surface area (Å²) in [5, 5.41) is 0. The van der Waals surface area contributed by atoms with Crippen molar-refractivity contribution in [3.63, 3.8) is 0 Å². The molecule has 0 fully saturated rings. The van der Waals surface area contributed by atoms with Crippen molar-refractivity contribution in [3.05, 3.63) is 21.3 Å². The smallest absolute Gasteiger partial charge is 0.306 e. The van der Waals surface area contributed by atoms with E-state index < -0.39 is 16.2 Å². The number of thiophene rings is 1. The van der Waals surface area contributed by atoms with Gasteiger partial charge < -0.3 is 4.74 Å². The molecule has 0 saturated heterocycles. The Morgan fingerprint density at radius 2 is 2.21 bits per heavy atom. The van der Waals surface area contributed by atoms with Crippen LogP contribution in [0.4, 0.5) is 0 Å². The highest BCUT2D eigenvalue weighted by atomic mass is 35.5. The van der Waals surface area contributed by atoms with Crippen LogP contribution in [-0.2, 0) is 26.3 Å². The fraction of sp³-hybridized carbons (Fsp3) is 0.500. The number of carbonyl (C=O) groups excluding carboxylic acids is 1. The Morgan fingerprint density at radius 1 is 1.53 bits per heavy atom. The van der Waals surface area contributed by atoms with E-state index in [0.29, 0.717) is 4.34 Å². The van der Waals surface area contributed by atoms with E-state index in [1.165, 1.54) is 25.5 Å². The highest BCUT2D eigenvalue weighted by Crippen LogP contribution is 2.21. The fourth-order valence-corrected chi connectivity index (χ4v) is 3.20. The number of rotatable bonds is 7. The van der Waals surface area contributed by atoms with Gasteiger partial charge in [-0.2, -0.15) is 17.4 Å². The van der Waals surface area contributed by atoms with E-state index in [1.54, 1.807) is 12.1 Å². The molecule has 0 atom stereocenters. The first-order valence-corrected chi connectivity index (χ1v) is 8.00. The molecule has 0 bridgehead atoms. The van der Waals surface area contributed by atoms with Crippen LogP contribution in [0.25, 0.3) is 0 Å². The Labute approximate surface area is 121 Å². The number of hydrogen-bond acceptors (Lipinski definition) is 5. The second kappa shape index (κ2) is 7.20. The van der Waals surface area contributed by atoms with Gasteiger partial charge in [0, 0.05) is 25.0 Å². The summed E-state index contributed by atoms with van der Waals surface area (Å²) >= 11 is 7.06. The molecule has 0 aromatic carbocycles. The zero-order valence-corrected chi connectivity index (χ0v) is 12.9. The third kappa shape index (κ3) is 5.45. The highest BCUT2D eigenvalue weighted by molar-refractivity contribution is 7.87. The van der Waals surface area contributed by atoms with E-state index >= 15 is 0 Å². The molecule has 0 spiro atoms. The van der Waals surface area contributed by atoms with Crippen LogP contribution in [0.3, 0.4) is 0 Å². The Kier molecular flexibility index (Phi) is 6.21. The predicted octanol–water partition coefficient (Wildman–Crippen LogP) is 1.23. The second-order valence-corrected chi connectivity index (χ2v) is 7.34. The monoisotopic (exact) mass is 326 g/mol. The summed E-state index contributed by atoms with van der Waals surface area (Å²) in [5.41, 5.74) is 0. The lowest BCUT2D eigenvalue weighted by Gasteiger charge is -2.16. The summed E-state index contributed by atoms with van der Waals surface area (Å²) < 4.78 is 32.2. The topological polar surface area (TPSA) is 75.7 Å². The molecule has 1 N–H and O–H groups in total. The molecule has 19 heavy (non-hydrogen) atoms. The summed E-state index contributed by atoms with van der Waals surface area (Å²) in [7, 11) is -0.959. The van der Waals surface area contributed by atoms with Crippen molar-refractivity contribution in [2.24, 2.45) is 0 Å². The zero-order chi connectivity index (χ0) is 14.5. The Morgan fingerprint density at radius 3 is 2.74 bits per heavy atom. The maximum absolute atomic E-state index is 11.8. The number of nitrogens with one attached hydrogen (secondary N) is 1. The lowest BCUT2D eigenvalue weighted by Crippen LogP contribution is -2.38. The fourth-order valence-electron chi connectivity index (χ4n) is 1.19. The minimum atomic E-state index is -3.61. The Bertz CT molecular complexity index is 529. The minimum absolute atomic E-state index is 0.0126. The molecule has 0 aliphatic heterocycles. The zero-order valence-electron chi connectivity index (χ0n) is 10.6.